The Morgan fingerprint density at radius 3 is 2.53 bits per heavy atom. The number of benzene rings is 2. The molecule has 0 spiro atoms. The fourth-order valence-corrected chi connectivity index (χ4v) is 4.33. The van der Waals surface area contributed by atoms with Crippen LogP contribution in [0, 0.1) is 5.92 Å². The van der Waals surface area contributed by atoms with Gasteiger partial charge in [0.2, 0.25) is 5.91 Å². The lowest BCUT2D eigenvalue weighted by molar-refractivity contribution is -0.120. The molecule has 1 saturated carbocycles. The van der Waals surface area contributed by atoms with Crippen molar-refractivity contribution in [1.29, 1.82) is 0 Å². The van der Waals surface area contributed by atoms with E-state index in [9.17, 15) is 9.59 Å². The maximum Gasteiger partial charge on any atom is 0.255 e. The van der Waals surface area contributed by atoms with Crippen molar-refractivity contribution in [2.75, 3.05) is 31.3 Å². The molecule has 32 heavy (non-hydrogen) atoms. The van der Waals surface area contributed by atoms with Crippen LogP contribution in [0.5, 0.6) is 0 Å². The third-order valence-corrected chi connectivity index (χ3v) is 6.19. The first-order valence-electron chi connectivity index (χ1n) is 11.5. The Balaban J connectivity index is 1.41. The molecule has 0 saturated heterocycles. The third-order valence-electron chi connectivity index (χ3n) is 6.19. The molecule has 2 aromatic carbocycles. The number of likely N-dealkylation sites (N-methyl/N-ethyl adjacent to an activating group) is 1. The number of fused-ring (bicyclic) bond motifs is 1. The summed E-state index contributed by atoms with van der Waals surface area (Å²) in [6, 6.07) is 15.2. The number of nitrogens with one attached hydrogen (secondary N) is 2. The van der Waals surface area contributed by atoms with Crippen molar-refractivity contribution in [3.8, 4) is 0 Å². The van der Waals surface area contributed by atoms with Crippen LogP contribution in [0.3, 0.4) is 0 Å². The first-order chi connectivity index (χ1) is 15.5. The van der Waals surface area contributed by atoms with Gasteiger partial charge in [0.15, 0.2) is 0 Å². The lowest BCUT2D eigenvalue weighted by atomic mass is 9.88. The van der Waals surface area contributed by atoms with Crippen LogP contribution in [0.15, 0.2) is 54.7 Å². The zero-order chi connectivity index (χ0) is 22.5. The summed E-state index contributed by atoms with van der Waals surface area (Å²) in [5, 5.41) is 7.07. The normalized spacial score (nSPS) is 14.6. The molecule has 0 aliphatic heterocycles. The highest BCUT2D eigenvalue weighted by Gasteiger charge is 2.21. The first-order valence-corrected chi connectivity index (χ1v) is 11.5. The summed E-state index contributed by atoms with van der Waals surface area (Å²) in [5.41, 5.74) is 3.10. The largest absolute Gasteiger partial charge is 0.346 e. The van der Waals surface area contributed by atoms with Gasteiger partial charge in [-0.1, -0.05) is 25.3 Å². The average molecular weight is 433 g/mol. The molecule has 2 N–H and O–H groups in total. The van der Waals surface area contributed by atoms with Crippen molar-refractivity contribution in [2.24, 2.45) is 5.92 Å². The minimum absolute atomic E-state index is 0.0616. The molecule has 168 valence electrons. The number of rotatable bonds is 7. The summed E-state index contributed by atoms with van der Waals surface area (Å²) in [4.78, 5) is 27.5. The van der Waals surface area contributed by atoms with Gasteiger partial charge in [-0.3, -0.25) is 9.59 Å². The highest BCUT2D eigenvalue weighted by Crippen LogP contribution is 2.25. The molecule has 1 aliphatic rings. The fourth-order valence-electron chi connectivity index (χ4n) is 4.33. The SMILES string of the molecule is CN(C)CCn1ccc2cc(NC(=O)c3cccc(NC(=O)C4CCCCC4)c3)ccc21. The number of carbonyl (C=O) groups excluding carboxylic acids is 2. The minimum atomic E-state index is -0.190. The molecule has 0 bridgehead atoms. The molecule has 3 aromatic rings. The second-order valence-corrected chi connectivity index (χ2v) is 8.95. The minimum Gasteiger partial charge on any atom is -0.346 e. The van der Waals surface area contributed by atoms with Crippen molar-refractivity contribution in [2.45, 2.75) is 38.6 Å². The Kier molecular flexibility index (Phi) is 6.90. The van der Waals surface area contributed by atoms with Crippen molar-refractivity contribution in [3.05, 3.63) is 60.3 Å². The summed E-state index contributed by atoms with van der Waals surface area (Å²) in [5.74, 6) is -0.0466. The molecule has 1 fully saturated rings. The predicted molar refractivity (Wildman–Crippen MR) is 130 cm³/mol. The Hall–Kier alpha value is -3.12. The Labute approximate surface area is 189 Å². The van der Waals surface area contributed by atoms with Gasteiger partial charge in [0.1, 0.15) is 0 Å². The summed E-state index contributed by atoms with van der Waals surface area (Å²) < 4.78 is 2.22. The zero-order valence-electron chi connectivity index (χ0n) is 18.9. The molecule has 1 heterocycles. The molecular weight excluding hydrogens is 400 g/mol. The van der Waals surface area contributed by atoms with Crippen LogP contribution in [0.1, 0.15) is 42.5 Å². The van der Waals surface area contributed by atoms with Gasteiger partial charge < -0.3 is 20.1 Å². The number of hydrogen-bond acceptors (Lipinski definition) is 3. The van der Waals surface area contributed by atoms with Crippen LogP contribution >= 0.6 is 0 Å². The lowest BCUT2D eigenvalue weighted by Gasteiger charge is -2.20. The maximum atomic E-state index is 12.8. The summed E-state index contributed by atoms with van der Waals surface area (Å²) in [6.45, 7) is 1.89. The van der Waals surface area contributed by atoms with E-state index in [1.165, 1.54) is 6.42 Å². The Bertz CT molecular complexity index is 1100. The molecule has 1 aromatic heterocycles. The van der Waals surface area contributed by atoms with Crippen LogP contribution in [0.25, 0.3) is 10.9 Å². The van der Waals surface area contributed by atoms with Crippen LogP contribution < -0.4 is 10.6 Å². The molecular formula is C26H32N4O2. The second-order valence-electron chi connectivity index (χ2n) is 8.95. The molecule has 2 amide bonds. The van der Waals surface area contributed by atoms with Crippen LogP contribution in [0.4, 0.5) is 11.4 Å². The van der Waals surface area contributed by atoms with E-state index in [1.54, 1.807) is 18.2 Å². The molecule has 6 heteroatoms. The standard InChI is InChI=1S/C26H32N4O2/c1-29(2)15-16-30-14-13-20-17-23(11-12-24(20)30)28-26(32)21-9-6-10-22(18-21)27-25(31)19-7-4-3-5-8-19/h6,9-14,17-19H,3-5,7-8,15-16H2,1-2H3,(H,27,31)(H,28,32). The van der Waals surface area contributed by atoms with E-state index < -0.39 is 0 Å². The van der Waals surface area contributed by atoms with E-state index >= 15 is 0 Å². The van der Waals surface area contributed by atoms with Gasteiger partial charge in [-0.25, -0.2) is 0 Å². The first kappa shape index (κ1) is 22.1. The lowest BCUT2D eigenvalue weighted by Crippen LogP contribution is -2.24. The fraction of sp³-hybridized carbons (Fsp3) is 0.385. The monoisotopic (exact) mass is 432 g/mol. The maximum absolute atomic E-state index is 12.8. The van der Waals surface area contributed by atoms with Gasteiger partial charge in [0, 0.05) is 53.0 Å². The van der Waals surface area contributed by atoms with E-state index in [0.717, 1.165) is 55.4 Å². The van der Waals surface area contributed by atoms with Crippen molar-refractivity contribution >= 4 is 34.1 Å². The highest BCUT2D eigenvalue weighted by atomic mass is 16.2. The number of amides is 2. The van der Waals surface area contributed by atoms with Crippen LogP contribution in [-0.4, -0.2) is 41.9 Å². The number of hydrogen-bond donors (Lipinski definition) is 2. The molecule has 4 rings (SSSR count). The second kappa shape index (κ2) is 10.0. The van der Waals surface area contributed by atoms with E-state index in [1.807, 2.05) is 24.3 Å². The topological polar surface area (TPSA) is 66.4 Å². The van der Waals surface area contributed by atoms with Gasteiger partial charge in [0.25, 0.3) is 5.91 Å². The van der Waals surface area contributed by atoms with Crippen LogP contribution in [0.2, 0.25) is 0 Å². The van der Waals surface area contributed by atoms with Gasteiger partial charge in [0.05, 0.1) is 0 Å². The number of nitrogens with zero attached hydrogens (tertiary/aromatic N) is 2. The summed E-state index contributed by atoms with van der Waals surface area (Å²) in [6.07, 6.45) is 7.43. The number of carbonyl (C=O) groups is 2. The quantitative estimate of drug-likeness (QED) is 0.554. The van der Waals surface area contributed by atoms with E-state index in [4.69, 9.17) is 0 Å². The number of anilines is 2. The zero-order valence-corrected chi connectivity index (χ0v) is 18.9. The number of aromatic nitrogens is 1. The van der Waals surface area contributed by atoms with E-state index in [-0.39, 0.29) is 17.7 Å². The van der Waals surface area contributed by atoms with Crippen LogP contribution in [-0.2, 0) is 11.3 Å². The predicted octanol–water partition coefficient (Wildman–Crippen LogP) is 4.97. The molecule has 0 radical (unpaired) electrons. The van der Waals surface area contributed by atoms with E-state index in [2.05, 4.69) is 46.5 Å². The third kappa shape index (κ3) is 5.37. The van der Waals surface area contributed by atoms with Crippen molar-refractivity contribution in [3.63, 3.8) is 0 Å². The van der Waals surface area contributed by atoms with Gasteiger partial charge in [-0.2, -0.15) is 0 Å². The Morgan fingerprint density at radius 2 is 1.75 bits per heavy atom. The molecule has 0 atom stereocenters. The van der Waals surface area contributed by atoms with E-state index in [0.29, 0.717) is 11.3 Å². The Morgan fingerprint density at radius 1 is 0.969 bits per heavy atom. The smallest absolute Gasteiger partial charge is 0.255 e. The molecule has 6 nitrogen and oxygen atoms in total. The summed E-state index contributed by atoms with van der Waals surface area (Å²) in [7, 11) is 4.13. The van der Waals surface area contributed by atoms with Crippen molar-refractivity contribution in [1.82, 2.24) is 9.47 Å². The average Bonchev–Trinajstić information content (AvgIpc) is 3.20. The highest BCUT2D eigenvalue weighted by molar-refractivity contribution is 6.06. The van der Waals surface area contributed by atoms with Gasteiger partial charge in [-0.05, 0) is 69.4 Å². The van der Waals surface area contributed by atoms with Gasteiger partial charge in [-0.15, -0.1) is 0 Å². The summed E-state index contributed by atoms with van der Waals surface area (Å²) >= 11 is 0. The molecule has 1 aliphatic carbocycles. The van der Waals surface area contributed by atoms with Gasteiger partial charge >= 0.3 is 0 Å². The van der Waals surface area contributed by atoms with Crippen molar-refractivity contribution < 1.29 is 9.59 Å². The molecule has 0 unspecified atom stereocenters.